The molecule has 1 heterocycles. The van der Waals surface area contributed by atoms with Gasteiger partial charge in [0.25, 0.3) is 0 Å². The number of hydrogen-bond donors (Lipinski definition) is 1. The Morgan fingerprint density at radius 3 is 2.25 bits per heavy atom. The van der Waals surface area contributed by atoms with Crippen LogP contribution in [0, 0.1) is 0 Å². The first-order valence-corrected chi connectivity index (χ1v) is 5.59. The smallest absolute Gasteiger partial charge is 0.138 e. The van der Waals surface area contributed by atoms with Gasteiger partial charge >= 0.3 is 0 Å². The molecule has 90 valence electrons. The zero-order valence-corrected chi connectivity index (χ0v) is 11.1. The minimum Gasteiger partial charge on any atom is -0.384 e. The van der Waals surface area contributed by atoms with Crippen molar-refractivity contribution in [3.63, 3.8) is 0 Å². The number of nitrogen functional groups attached to an aromatic ring is 1. The molecule has 2 N–H and O–H groups in total. The van der Waals surface area contributed by atoms with Gasteiger partial charge in [0.15, 0.2) is 0 Å². The van der Waals surface area contributed by atoms with Crippen molar-refractivity contribution in [2.75, 3.05) is 17.7 Å². The average molecular weight is 222 g/mol. The Labute approximate surface area is 97.9 Å². The summed E-state index contributed by atoms with van der Waals surface area (Å²) >= 11 is 0. The van der Waals surface area contributed by atoms with Gasteiger partial charge in [-0.3, -0.25) is 0 Å². The van der Waals surface area contributed by atoms with Crippen LogP contribution in [-0.2, 0) is 5.41 Å². The molecule has 0 atom stereocenters. The molecule has 0 aliphatic carbocycles. The summed E-state index contributed by atoms with van der Waals surface area (Å²) in [5.41, 5.74) is 5.73. The van der Waals surface area contributed by atoms with E-state index in [0.717, 1.165) is 11.6 Å². The maximum Gasteiger partial charge on any atom is 0.138 e. The van der Waals surface area contributed by atoms with Crippen molar-refractivity contribution in [2.24, 2.45) is 0 Å². The Bertz CT molecular complexity index is 366. The van der Waals surface area contributed by atoms with Crippen LogP contribution in [0.2, 0.25) is 0 Å². The van der Waals surface area contributed by atoms with E-state index >= 15 is 0 Å². The van der Waals surface area contributed by atoms with Crippen LogP contribution in [0.1, 0.15) is 40.4 Å². The van der Waals surface area contributed by atoms with Gasteiger partial charge in [-0.05, 0) is 13.8 Å². The Kier molecular flexibility index (Phi) is 3.41. The lowest BCUT2D eigenvalue weighted by atomic mass is 9.96. The van der Waals surface area contributed by atoms with Crippen LogP contribution in [0.5, 0.6) is 0 Å². The van der Waals surface area contributed by atoms with Crippen LogP contribution in [0.15, 0.2) is 6.07 Å². The van der Waals surface area contributed by atoms with E-state index in [0.29, 0.717) is 11.9 Å². The molecular formula is C12H22N4. The zero-order valence-electron chi connectivity index (χ0n) is 11.1. The monoisotopic (exact) mass is 222 g/mol. The normalized spacial score (nSPS) is 11.9. The van der Waals surface area contributed by atoms with Gasteiger partial charge < -0.3 is 10.6 Å². The summed E-state index contributed by atoms with van der Waals surface area (Å²) in [6, 6.07) is 2.21. The first-order chi connectivity index (χ1) is 7.21. The topological polar surface area (TPSA) is 55.0 Å². The molecule has 0 amide bonds. The molecule has 4 nitrogen and oxygen atoms in total. The van der Waals surface area contributed by atoms with Crippen molar-refractivity contribution in [1.29, 1.82) is 0 Å². The van der Waals surface area contributed by atoms with E-state index in [9.17, 15) is 0 Å². The van der Waals surface area contributed by atoms with Gasteiger partial charge in [0.2, 0.25) is 0 Å². The Morgan fingerprint density at radius 1 is 1.25 bits per heavy atom. The summed E-state index contributed by atoms with van der Waals surface area (Å²) in [4.78, 5) is 10.9. The second-order valence-corrected chi connectivity index (χ2v) is 5.43. The van der Waals surface area contributed by atoms with E-state index in [4.69, 9.17) is 5.73 Å². The first kappa shape index (κ1) is 12.7. The quantitative estimate of drug-likeness (QED) is 0.833. The molecular weight excluding hydrogens is 200 g/mol. The van der Waals surface area contributed by atoms with Gasteiger partial charge in [0.1, 0.15) is 17.5 Å². The second kappa shape index (κ2) is 4.28. The molecule has 0 radical (unpaired) electrons. The highest BCUT2D eigenvalue weighted by Gasteiger charge is 2.20. The maximum absolute atomic E-state index is 5.82. The first-order valence-electron chi connectivity index (χ1n) is 5.59. The molecule has 0 aliphatic heterocycles. The SMILES string of the molecule is CC(C)N(C)c1cc(N)nc(C(C)(C)C)n1. The third-order valence-corrected chi connectivity index (χ3v) is 2.54. The van der Waals surface area contributed by atoms with Crippen LogP contribution in [0.4, 0.5) is 11.6 Å². The molecule has 1 aromatic heterocycles. The fourth-order valence-corrected chi connectivity index (χ4v) is 1.23. The lowest BCUT2D eigenvalue weighted by Gasteiger charge is -2.25. The van der Waals surface area contributed by atoms with E-state index in [1.807, 2.05) is 13.1 Å². The zero-order chi connectivity index (χ0) is 12.5. The lowest BCUT2D eigenvalue weighted by molar-refractivity contribution is 0.544. The van der Waals surface area contributed by atoms with Gasteiger partial charge in [0.05, 0.1) is 0 Å². The molecule has 0 aromatic carbocycles. The van der Waals surface area contributed by atoms with Crippen LogP contribution in [0.25, 0.3) is 0 Å². The van der Waals surface area contributed by atoms with E-state index in [2.05, 4.69) is 49.5 Å². The lowest BCUT2D eigenvalue weighted by Crippen LogP contribution is -2.28. The van der Waals surface area contributed by atoms with Crippen molar-refractivity contribution in [3.05, 3.63) is 11.9 Å². The third kappa shape index (κ3) is 2.84. The molecule has 0 aliphatic rings. The van der Waals surface area contributed by atoms with E-state index in [1.165, 1.54) is 0 Å². The minimum atomic E-state index is -0.0814. The predicted molar refractivity (Wildman–Crippen MR) is 68.7 cm³/mol. The van der Waals surface area contributed by atoms with Crippen molar-refractivity contribution in [2.45, 2.75) is 46.1 Å². The molecule has 16 heavy (non-hydrogen) atoms. The maximum atomic E-state index is 5.82. The van der Waals surface area contributed by atoms with E-state index < -0.39 is 0 Å². The molecule has 0 saturated carbocycles. The molecule has 0 bridgehead atoms. The number of nitrogens with two attached hydrogens (primary N) is 1. The molecule has 0 unspecified atom stereocenters. The van der Waals surface area contributed by atoms with Crippen molar-refractivity contribution < 1.29 is 0 Å². The van der Waals surface area contributed by atoms with Crippen LogP contribution in [-0.4, -0.2) is 23.1 Å². The van der Waals surface area contributed by atoms with Gasteiger partial charge in [-0.25, -0.2) is 9.97 Å². The largest absolute Gasteiger partial charge is 0.384 e. The number of hydrogen-bond acceptors (Lipinski definition) is 4. The van der Waals surface area contributed by atoms with E-state index in [1.54, 1.807) is 0 Å². The van der Waals surface area contributed by atoms with E-state index in [-0.39, 0.29) is 5.41 Å². The fourth-order valence-electron chi connectivity index (χ4n) is 1.23. The van der Waals surface area contributed by atoms with Gasteiger partial charge in [-0.15, -0.1) is 0 Å². The Balaban J connectivity index is 3.18. The predicted octanol–water partition coefficient (Wildman–Crippen LogP) is 2.20. The fraction of sp³-hybridized carbons (Fsp3) is 0.667. The minimum absolute atomic E-state index is 0.0814. The molecule has 1 aromatic rings. The van der Waals surface area contributed by atoms with Crippen LogP contribution < -0.4 is 10.6 Å². The molecule has 0 spiro atoms. The summed E-state index contributed by atoms with van der Waals surface area (Å²) in [6.07, 6.45) is 0. The highest BCUT2D eigenvalue weighted by atomic mass is 15.2. The van der Waals surface area contributed by atoms with Crippen molar-refractivity contribution >= 4 is 11.6 Å². The number of anilines is 2. The standard InChI is InChI=1S/C12H22N4/c1-8(2)16(6)10-7-9(13)14-11(15-10)12(3,4)5/h7-8H,1-6H3,(H2,13,14,15). The summed E-state index contributed by atoms with van der Waals surface area (Å²) in [5.74, 6) is 2.20. The number of rotatable bonds is 2. The van der Waals surface area contributed by atoms with Crippen LogP contribution in [0.3, 0.4) is 0 Å². The highest BCUT2D eigenvalue weighted by molar-refractivity contribution is 5.47. The summed E-state index contributed by atoms with van der Waals surface area (Å²) in [6.45, 7) is 10.5. The van der Waals surface area contributed by atoms with Gasteiger partial charge in [-0.2, -0.15) is 0 Å². The average Bonchev–Trinajstić information content (AvgIpc) is 2.14. The summed E-state index contributed by atoms with van der Waals surface area (Å²) in [5, 5.41) is 0. The van der Waals surface area contributed by atoms with Gasteiger partial charge in [-0.1, -0.05) is 20.8 Å². The molecule has 4 heteroatoms. The van der Waals surface area contributed by atoms with Crippen molar-refractivity contribution in [1.82, 2.24) is 9.97 Å². The number of aromatic nitrogens is 2. The third-order valence-electron chi connectivity index (χ3n) is 2.54. The Morgan fingerprint density at radius 2 is 1.81 bits per heavy atom. The molecule has 1 rings (SSSR count). The summed E-state index contributed by atoms with van der Waals surface area (Å²) in [7, 11) is 2.01. The second-order valence-electron chi connectivity index (χ2n) is 5.43. The van der Waals surface area contributed by atoms with Crippen LogP contribution >= 0.6 is 0 Å². The number of nitrogens with zero attached hydrogens (tertiary/aromatic N) is 3. The summed E-state index contributed by atoms with van der Waals surface area (Å²) < 4.78 is 0. The van der Waals surface area contributed by atoms with Crippen molar-refractivity contribution in [3.8, 4) is 0 Å². The highest BCUT2D eigenvalue weighted by Crippen LogP contribution is 2.23. The molecule has 0 saturated heterocycles. The van der Waals surface area contributed by atoms with Gasteiger partial charge in [0, 0.05) is 24.6 Å². The Hall–Kier alpha value is -1.32. The molecule has 0 fully saturated rings.